The molecule has 2 aliphatic rings. The summed E-state index contributed by atoms with van der Waals surface area (Å²) in [5, 5.41) is 8.89. The van der Waals surface area contributed by atoms with E-state index in [1.807, 2.05) is 12.1 Å². The Morgan fingerprint density at radius 2 is 2.04 bits per heavy atom. The largest absolute Gasteiger partial charge is 0.492 e. The lowest BCUT2D eigenvalue weighted by Crippen LogP contribution is -2.49. The molecule has 5 nitrogen and oxygen atoms in total. The van der Waals surface area contributed by atoms with Crippen molar-refractivity contribution in [2.45, 2.75) is 18.9 Å². The van der Waals surface area contributed by atoms with Crippen molar-refractivity contribution in [1.29, 1.82) is 5.26 Å². The topological polar surface area (TPSA) is 48.7 Å². The molecule has 0 aliphatic carbocycles. The number of benzene rings is 1. The third kappa shape index (κ3) is 4.93. The fraction of sp³-hybridized carbons (Fsp3) is 0.611. The van der Waals surface area contributed by atoms with E-state index in [1.54, 1.807) is 12.1 Å². The van der Waals surface area contributed by atoms with Gasteiger partial charge in [-0.15, -0.1) is 0 Å². The molecule has 0 amide bonds. The fourth-order valence-corrected chi connectivity index (χ4v) is 3.22. The van der Waals surface area contributed by atoms with Crippen molar-refractivity contribution >= 4 is 0 Å². The Labute approximate surface area is 138 Å². The van der Waals surface area contributed by atoms with Crippen LogP contribution < -0.4 is 4.74 Å². The molecule has 0 saturated carbocycles. The van der Waals surface area contributed by atoms with Gasteiger partial charge in [0.15, 0.2) is 0 Å². The second kappa shape index (κ2) is 8.30. The highest BCUT2D eigenvalue weighted by Crippen LogP contribution is 2.15. The van der Waals surface area contributed by atoms with Crippen LogP contribution in [0.4, 0.5) is 0 Å². The molecule has 0 aromatic heterocycles. The van der Waals surface area contributed by atoms with E-state index in [1.165, 1.54) is 12.8 Å². The van der Waals surface area contributed by atoms with Crippen LogP contribution in [-0.2, 0) is 4.74 Å². The number of ether oxygens (including phenoxy) is 2. The number of rotatable bonds is 6. The molecule has 1 aromatic rings. The molecule has 0 bridgehead atoms. The second-order valence-electron chi connectivity index (χ2n) is 6.27. The molecule has 2 fully saturated rings. The summed E-state index contributed by atoms with van der Waals surface area (Å²) in [7, 11) is 0. The van der Waals surface area contributed by atoms with Gasteiger partial charge in [-0.1, -0.05) is 6.07 Å². The summed E-state index contributed by atoms with van der Waals surface area (Å²) >= 11 is 0. The van der Waals surface area contributed by atoms with E-state index in [0.717, 1.165) is 51.6 Å². The summed E-state index contributed by atoms with van der Waals surface area (Å²) in [5.74, 6) is 0.779. The SMILES string of the molecule is N#Cc1cccc(OCCN2CCN(C[C@@H]3CCCO3)CC2)c1. The highest BCUT2D eigenvalue weighted by Gasteiger charge is 2.22. The van der Waals surface area contributed by atoms with Gasteiger partial charge in [-0.05, 0) is 31.0 Å². The van der Waals surface area contributed by atoms with Gasteiger partial charge in [0, 0.05) is 45.9 Å². The van der Waals surface area contributed by atoms with E-state index in [0.29, 0.717) is 18.3 Å². The van der Waals surface area contributed by atoms with Gasteiger partial charge in [-0.3, -0.25) is 9.80 Å². The molecule has 2 heterocycles. The number of hydrogen-bond donors (Lipinski definition) is 0. The van der Waals surface area contributed by atoms with Crippen molar-refractivity contribution in [3.8, 4) is 11.8 Å². The van der Waals surface area contributed by atoms with Gasteiger partial charge < -0.3 is 9.47 Å². The predicted molar refractivity (Wildman–Crippen MR) is 88.5 cm³/mol. The summed E-state index contributed by atoms with van der Waals surface area (Å²) < 4.78 is 11.5. The summed E-state index contributed by atoms with van der Waals surface area (Å²) in [4.78, 5) is 4.96. The minimum atomic E-state index is 0.456. The first-order valence-corrected chi connectivity index (χ1v) is 8.53. The maximum atomic E-state index is 8.89. The van der Waals surface area contributed by atoms with Crippen LogP contribution in [0.15, 0.2) is 24.3 Å². The van der Waals surface area contributed by atoms with Crippen LogP contribution in [0.1, 0.15) is 18.4 Å². The average Bonchev–Trinajstić information content (AvgIpc) is 3.10. The number of nitrogens with zero attached hydrogens (tertiary/aromatic N) is 3. The summed E-state index contributed by atoms with van der Waals surface area (Å²) in [5.41, 5.74) is 0.644. The Hall–Kier alpha value is -1.61. The number of nitriles is 1. The Balaban J connectivity index is 1.33. The van der Waals surface area contributed by atoms with Gasteiger partial charge in [0.2, 0.25) is 0 Å². The Bertz CT molecular complexity index is 529. The van der Waals surface area contributed by atoms with Gasteiger partial charge in [0.05, 0.1) is 17.7 Å². The lowest BCUT2D eigenvalue weighted by atomic mass is 10.2. The zero-order valence-electron chi connectivity index (χ0n) is 13.6. The van der Waals surface area contributed by atoms with Gasteiger partial charge >= 0.3 is 0 Å². The molecule has 0 N–H and O–H groups in total. The zero-order chi connectivity index (χ0) is 15.9. The summed E-state index contributed by atoms with van der Waals surface area (Å²) in [6, 6.07) is 9.48. The Kier molecular flexibility index (Phi) is 5.87. The average molecular weight is 315 g/mol. The minimum Gasteiger partial charge on any atom is -0.492 e. The second-order valence-corrected chi connectivity index (χ2v) is 6.27. The van der Waals surface area contributed by atoms with Crippen molar-refractivity contribution in [1.82, 2.24) is 9.80 Å². The van der Waals surface area contributed by atoms with Crippen molar-refractivity contribution < 1.29 is 9.47 Å². The van der Waals surface area contributed by atoms with Gasteiger partial charge in [-0.25, -0.2) is 0 Å². The smallest absolute Gasteiger partial charge is 0.120 e. The quantitative estimate of drug-likeness (QED) is 0.800. The predicted octanol–water partition coefficient (Wildman–Crippen LogP) is 1.73. The fourth-order valence-electron chi connectivity index (χ4n) is 3.22. The third-order valence-electron chi connectivity index (χ3n) is 4.59. The van der Waals surface area contributed by atoms with Crippen LogP contribution in [-0.4, -0.2) is 68.4 Å². The molecule has 0 unspecified atom stereocenters. The minimum absolute atomic E-state index is 0.456. The molecule has 1 aromatic carbocycles. The highest BCUT2D eigenvalue weighted by molar-refractivity contribution is 5.36. The maximum absolute atomic E-state index is 8.89. The monoisotopic (exact) mass is 315 g/mol. The van der Waals surface area contributed by atoms with Crippen LogP contribution in [0, 0.1) is 11.3 Å². The third-order valence-corrected chi connectivity index (χ3v) is 4.59. The lowest BCUT2D eigenvalue weighted by Gasteiger charge is -2.35. The van der Waals surface area contributed by atoms with Crippen molar-refractivity contribution in [2.75, 3.05) is 52.5 Å². The Morgan fingerprint density at radius 1 is 1.22 bits per heavy atom. The number of piperazine rings is 1. The molecule has 0 spiro atoms. The molecule has 2 saturated heterocycles. The normalized spacial score (nSPS) is 22.8. The molecular weight excluding hydrogens is 290 g/mol. The van der Waals surface area contributed by atoms with Crippen LogP contribution in [0.25, 0.3) is 0 Å². The van der Waals surface area contributed by atoms with Crippen molar-refractivity contribution in [3.63, 3.8) is 0 Å². The standard InChI is InChI=1S/C18H25N3O2/c19-14-16-3-1-4-17(13-16)23-12-10-20-6-8-21(9-7-20)15-18-5-2-11-22-18/h1,3-4,13,18H,2,5-12,15H2/t18-/m0/s1. The van der Waals surface area contributed by atoms with Gasteiger partial charge in [0.25, 0.3) is 0 Å². The molecule has 0 radical (unpaired) electrons. The molecule has 23 heavy (non-hydrogen) atoms. The molecule has 2 aliphatic heterocycles. The van der Waals surface area contributed by atoms with E-state index < -0.39 is 0 Å². The first-order chi connectivity index (χ1) is 11.3. The van der Waals surface area contributed by atoms with Gasteiger partial charge in [-0.2, -0.15) is 5.26 Å². The van der Waals surface area contributed by atoms with E-state index >= 15 is 0 Å². The highest BCUT2D eigenvalue weighted by atomic mass is 16.5. The molecule has 124 valence electrons. The lowest BCUT2D eigenvalue weighted by molar-refractivity contribution is 0.0478. The molecular formula is C18H25N3O2. The van der Waals surface area contributed by atoms with Crippen molar-refractivity contribution in [3.05, 3.63) is 29.8 Å². The van der Waals surface area contributed by atoms with Gasteiger partial charge in [0.1, 0.15) is 12.4 Å². The van der Waals surface area contributed by atoms with Crippen LogP contribution in [0.2, 0.25) is 0 Å². The van der Waals surface area contributed by atoms with E-state index in [4.69, 9.17) is 14.7 Å². The summed E-state index contributed by atoms with van der Waals surface area (Å²) in [6.45, 7) is 8.04. The van der Waals surface area contributed by atoms with Crippen LogP contribution >= 0.6 is 0 Å². The zero-order valence-corrected chi connectivity index (χ0v) is 13.6. The van der Waals surface area contributed by atoms with Crippen LogP contribution in [0.5, 0.6) is 5.75 Å². The molecule has 3 rings (SSSR count). The van der Waals surface area contributed by atoms with Crippen molar-refractivity contribution in [2.24, 2.45) is 0 Å². The first kappa shape index (κ1) is 16.3. The van der Waals surface area contributed by atoms with E-state index in [2.05, 4.69) is 15.9 Å². The van der Waals surface area contributed by atoms with E-state index in [9.17, 15) is 0 Å². The molecule has 5 heteroatoms. The Morgan fingerprint density at radius 3 is 2.78 bits per heavy atom. The molecule has 1 atom stereocenters. The maximum Gasteiger partial charge on any atom is 0.120 e. The van der Waals surface area contributed by atoms with E-state index in [-0.39, 0.29) is 0 Å². The number of hydrogen-bond acceptors (Lipinski definition) is 5. The summed E-state index contributed by atoms with van der Waals surface area (Å²) in [6.07, 6.45) is 2.89. The van der Waals surface area contributed by atoms with Crippen LogP contribution in [0.3, 0.4) is 0 Å². The first-order valence-electron chi connectivity index (χ1n) is 8.53.